The summed E-state index contributed by atoms with van der Waals surface area (Å²) in [6.07, 6.45) is 7.78. The van der Waals surface area contributed by atoms with E-state index in [1.54, 1.807) is 0 Å². The van der Waals surface area contributed by atoms with Crippen molar-refractivity contribution in [1.29, 1.82) is 0 Å². The van der Waals surface area contributed by atoms with Crippen LogP contribution >= 0.6 is 11.8 Å². The Kier molecular flexibility index (Phi) is 5.33. The van der Waals surface area contributed by atoms with Crippen molar-refractivity contribution in [3.8, 4) is 0 Å². The highest BCUT2D eigenvalue weighted by atomic mass is 32.2. The maximum absolute atomic E-state index is 5.78. The summed E-state index contributed by atoms with van der Waals surface area (Å²) in [6, 6.07) is 7.90. The van der Waals surface area contributed by atoms with Gasteiger partial charge in [-0.1, -0.05) is 6.42 Å². The molecule has 0 radical (unpaired) electrons. The molecule has 0 spiro atoms. The molecule has 1 aromatic heterocycles. The van der Waals surface area contributed by atoms with Gasteiger partial charge in [0.25, 0.3) is 0 Å². The molecule has 0 saturated heterocycles. The number of nitrogens with zero attached hydrogens (tertiary/aromatic N) is 1. The molecular formula is C15H21N3S. The van der Waals surface area contributed by atoms with Gasteiger partial charge in [-0.15, -0.1) is 0 Å². The van der Waals surface area contributed by atoms with Gasteiger partial charge >= 0.3 is 0 Å². The zero-order valence-electron chi connectivity index (χ0n) is 11.4. The Hall–Kier alpha value is -1.42. The standard InChI is InChI=1S/C15H21N3S/c1-19-10-4-2-3-8-17-14-7-9-18-15-11-12(16)5-6-13(14)15/h5-7,9,11H,2-4,8,10,16H2,1H3,(H,17,18). The van der Waals surface area contributed by atoms with Crippen LogP contribution in [0.3, 0.4) is 0 Å². The van der Waals surface area contributed by atoms with Gasteiger partial charge in [0.2, 0.25) is 0 Å². The van der Waals surface area contributed by atoms with Gasteiger partial charge < -0.3 is 11.1 Å². The van der Waals surface area contributed by atoms with Crippen LogP contribution in [0.25, 0.3) is 10.9 Å². The van der Waals surface area contributed by atoms with Crippen molar-refractivity contribution in [3.63, 3.8) is 0 Å². The highest BCUT2D eigenvalue weighted by molar-refractivity contribution is 7.98. The molecule has 102 valence electrons. The van der Waals surface area contributed by atoms with E-state index >= 15 is 0 Å². The molecule has 0 unspecified atom stereocenters. The SMILES string of the molecule is CSCCCCCNc1ccnc2cc(N)ccc12. The van der Waals surface area contributed by atoms with Crippen molar-refractivity contribution in [2.24, 2.45) is 0 Å². The lowest BCUT2D eigenvalue weighted by atomic mass is 10.1. The van der Waals surface area contributed by atoms with Gasteiger partial charge in [0.1, 0.15) is 0 Å². The number of benzene rings is 1. The molecule has 0 atom stereocenters. The van der Waals surface area contributed by atoms with E-state index < -0.39 is 0 Å². The molecule has 0 bridgehead atoms. The van der Waals surface area contributed by atoms with Crippen LogP contribution in [0.5, 0.6) is 0 Å². The van der Waals surface area contributed by atoms with Gasteiger partial charge in [-0.05, 0) is 49.1 Å². The molecular weight excluding hydrogens is 254 g/mol. The van der Waals surface area contributed by atoms with Crippen LogP contribution in [0.4, 0.5) is 11.4 Å². The molecule has 0 fully saturated rings. The molecule has 1 aromatic carbocycles. The Labute approximate surface area is 119 Å². The molecule has 0 amide bonds. The first-order valence-electron chi connectivity index (χ1n) is 6.68. The number of hydrogen-bond acceptors (Lipinski definition) is 4. The largest absolute Gasteiger partial charge is 0.399 e. The summed E-state index contributed by atoms with van der Waals surface area (Å²) in [4.78, 5) is 4.35. The van der Waals surface area contributed by atoms with E-state index in [2.05, 4.69) is 16.6 Å². The number of hydrogen-bond donors (Lipinski definition) is 2. The third kappa shape index (κ3) is 4.03. The predicted molar refractivity (Wildman–Crippen MR) is 86.9 cm³/mol. The number of thioether (sulfide) groups is 1. The van der Waals surface area contributed by atoms with Crippen LogP contribution in [0, 0.1) is 0 Å². The van der Waals surface area contributed by atoms with Gasteiger partial charge in [-0.25, -0.2) is 0 Å². The molecule has 2 aromatic rings. The van der Waals surface area contributed by atoms with Crippen LogP contribution in [-0.4, -0.2) is 23.5 Å². The topological polar surface area (TPSA) is 50.9 Å². The molecule has 3 N–H and O–H groups in total. The second kappa shape index (κ2) is 7.24. The Morgan fingerprint density at radius 1 is 1.21 bits per heavy atom. The average molecular weight is 275 g/mol. The Morgan fingerprint density at radius 2 is 2.11 bits per heavy atom. The number of pyridine rings is 1. The second-order valence-electron chi connectivity index (χ2n) is 4.62. The van der Waals surface area contributed by atoms with Crippen molar-refractivity contribution in [2.45, 2.75) is 19.3 Å². The smallest absolute Gasteiger partial charge is 0.0743 e. The predicted octanol–water partition coefficient (Wildman–Crippen LogP) is 3.76. The third-order valence-electron chi connectivity index (χ3n) is 3.11. The number of anilines is 2. The minimum absolute atomic E-state index is 0.759. The molecule has 0 aliphatic heterocycles. The highest BCUT2D eigenvalue weighted by Gasteiger charge is 2.01. The highest BCUT2D eigenvalue weighted by Crippen LogP contribution is 2.23. The Morgan fingerprint density at radius 3 is 2.95 bits per heavy atom. The van der Waals surface area contributed by atoms with E-state index in [0.717, 1.165) is 28.8 Å². The number of nitrogen functional groups attached to an aromatic ring is 1. The zero-order valence-corrected chi connectivity index (χ0v) is 12.2. The van der Waals surface area contributed by atoms with Crippen molar-refractivity contribution >= 4 is 34.0 Å². The summed E-state index contributed by atoms with van der Waals surface area (Å²) in [5, 5.41) is 4.64. The fraction of sp³-hybridized carbons (Fsp3) is 0.400. The quantitative estimate of drug-likeness (QED) is 0.596. The molecule has 4 heteroatoms. The average Bonchev–Trinajstić information content (AvgIpc) is 2.42. The Bertz CT molecular complexity index is 528. The first-order valence-corrected chi connectivity index (χ1v) is 8.07. The monoisotopic (exact) mass is 275 g/mol. The van der Waals surface area contributed by atoms with Gasteiger partial charge in [0, 0.05) is 29.5 Å². The van der Waals surface area contributed by atoms with Crippen LogP contribution in [0.1, 0.15) is 19.3 Å². The fourth-order valence-corrected chi connectivity index (χ4v) is 2.58. The number of nitrogens with one attached hydrogen (secondary N) is 1. The van der Waals surface area contributed by atoms with Crippen LogP contribution in [-0.2, 0) is 0 Å². The van der Waals surface area contributed by atoms with Crippen LogP contribution < -0.4 is 11.1 Å². The van der Waals surface area contributed by atoms with E-state index in [4.69, 9.17) is 5.73 Å². The first-order chi connectivity index (χ1) is 9.31. The number of fused-ring (bicyclic) bond motifs is 1. The lowest BCUT2D eigenvalue weighted by Crippen LogP contribution is -2.02. The molecule has 0 aliphatic rings. The van der Waals surface area contributed by atoms with Crippen molar-refractivity contribution in [1.82, 2.24) is 4.98 Å². The van der Waals surface area contributed by atoms with E-state index in [0.29, 0.717) is 0 Å². The normalized spacial score (nSPS) is 10.8. The maximum atomic E-state index is 5.78. The van der Waals surface area contributed by atoms with Gasteiger partial charge in [-0.2, -0.15) is 11.8 Å². The number of unbranched alkanes of at least 4 members (excludes halogenated alkanes) is 2. The number of aromatic nitrogens is 1. The molecule has 0 aliphatic carbocycles. The first kappa shape index (κ1) is 14.0. The summed E-state index contributed by atoms with van der Waals surface area (Å²) < 4.78 is 0. The maximum Gasteiger partial charge on any atom is 0.0743 e. The van der Waals surface area contributed by atoms with Gasteiger partial charge in [-0.3, -0.25) is 4.98 Å². The number of nitrogens with two attached hydrogens (primary N) is 1. The van der Waals surface area contributed by atoms with Crippen LogP contribution in [0.15, 0.2) is 30.5 Å². The summed E-state index contributed by atoms with van der Waals surface area (Å²) in [5.41, 5.74) is 8.64. The molecule has 19 heavy (non-hydrogen) atoms. The van der Waals surface area contributed by atoms with E-state index in [1.165, 1.54) is 25.0 Å². The molecule has 2 rings (SSSR count). The summed E-state index contributed by atoms with van der Waals surface area (Å²) in [6.45, 7) is 1.01. The van der Waals surface area contributed by atoms with E-state index in [9.17, 15) is 0 Å². The minimum Gasteiger partial charge on any atom is -0.399 e. The zero-order chi connectivity index (χ0) is 13.5. The minimum atomic E-state index is 0.759. The molecule has 3 nitrogen and oxygen atoms in total. The summed E-state index contributed by atoms with van der Waals surface area (Å²) in [5.74, 6) is 1.26. The van der Waals surface area contributed by atoms with Crippen molar-refractivity contribution in [2.75, 3.05) is 29.6 Å². The summed E-state index contributed by atoms with van der Waals surface area (Å²) >= 11 is 1.92. The summed E-state index contributed by atoms with van der Waals surface area (Å²) in [7, 11) is 0. The lowest BCUT2D eigenvalue weighted by molar-refractivity contribution is 0.750. The number of rotatable bonds is 7. The van der Waals surface area contributed by atoms with E-state index in [1.807, 2.05) is 42.2 Å². The van der Waals surface area contributed by atoms with Crippen LogP contribution in [0.2, 0.25) is 0 Å². The lowest BCUT2D eigenvalue weighted by Gasteiger charge is -2.09. The van der Waals surface area contributed by atoms with Gasteiger partial charge in [0.15, 0.2) is 0 Å². The fourth-order valence-electron chi connectivity index (χ4n) is 2.09. The molecule has 0 saturated carbocycles. The second-order valence-corrected chi connectivity index (χ2v) is 5.60. The Balaban J connectivity index is 1.93. The van der Waals surface area contributed by atoms with E-state index in [-0.39, 0.29) is 0 Å². The van der Waals surface area contributed by atoms with Crippen molar-refractivity contribution < 1.29 is 0 Å². The van der Waals surface area contributed by atoms with Crippen molar-refractivity contribution in [3.05, 3.63) is 30.5 Å². The third-order valence-corrected chi connectivity index (χ3v) is 3.80. The molecule has 1 heterocycles. The van der Waals surface area contributed by atoms with Gasteiger partial charge in [0.05, 0.1) is 5.52 Å².